The fourth-order valence-electron chi connectivity index (χ4n) is 6.37. The Labute approximate surface area is 264 Å². The second-order valence-electron chi connectivity index (χ2n) is 13.8. The molecular weight excluding hydrogens is 518 g/mol. The van der Waals surface area contributed by atoms with Gasteiger partial charge in [-0.3, -0.25) is 4.79 Å². The quantitative estimate of drug-likeness (QED) is 0.0742. The molecule has 0 aromatic carbocycles. The van der Waals surface area contributed by atoms with E-state index in [1.165, 1.54) is 141 Å². The van der Waals surface area contributed by atoms with E-state index in [0.717, 1.165) is 38.5 Å². The number of aliphatic hydroxyl groups is 2. The van der Waals surface area contributed by atoms with Gasteiger partial charge < -0.3 is 15.1 Å². The van der Waals surface area contributed by atoms with Crippen LogP contribution in [0.5, 0.6) is 0 Å². The summed E-state index contributed by atoms with van der Waals surface area (Å²) >= 11 is 0. The van der Waals surface area contributed by atoms with E-state index in [-0.39, 0.29) is 24.5 Å². The van der Waals surface area contributed by atoms with E-state index in [4.69, 9.17) is 0 Å². The van der Waals surface area contributed by atoms with Crippen LogP contribution in [-0.4, -0.2) is 46.8 Å². The van der Waals surface area contributed by atoms with Gasteiger partial charge in [0.25, 0.3) is 0 Å². The lowest BCUT2D eigenvalue weighted by molar-refractivity contribution is -0.144. The summed E-state index contributed by atoms with van der Waals surface area (Å²) in [6.07, 6.45) is 35.0. The summed E-state index contributed by atoms with van der Waals surface area (Å²) in [5.74, 6) is 0.203. The average Bonchev–Trinajstić information content (AvgIpc) is 2.99. The standard InChI is InChI=1S/C38H77NO3/c1-5-8-11-13-15-17-19-21-23-25-27-29-31-38(4,37(42)39(33-10-7-3)34-36(41)35-40)32-30-28-26-24-22-20-18-16-14-12-9-6-2/h36,40-41H,5-35H2,1-4H3. The molecular formula is C38H77NO3. The first-order chi connectivity index (χ1) is 20.4. The molecule has 2 N–H and O–H groups in total. The predicted molar refractivity (Wildman–Crippen MR) is 184 cm³/mol. The van der Waals surface area contributed by atoms with Crippen molar-refractivity contribution in [3.63, 3.8) is 0 Å². The van der Waals surface area contributed by atoms with Crippen molar-refractivity contribution in [3.8, 4) is 0 Å². The normalized spacial score (nSPS) is 12.6. The number of hydrogen-bond donors (Lipinski definition) is 2. The van der Waals surface area contributed by atoms with Crippen molar-refractivity contribution in [2.24, 2.45) is 5.41 Å². The van der Waals surface area contributed by atoms with E-state index in [9.17, 15) is 15.0 Å². The average molecular weight is 596 g/mol. The lowest BCUT2D eigenvalue weighted by Crippen LogP contribution is -2.46. The van der Waals surface area contributed by atoms with Gasteiger partial charge in [-0.2, -0.15) is 0 Å². The van der Waals surface area contributed by atoms with Gasteiger partial charge in [0, 0.05) is 18.5 Å². The molecule has 0 aromatic heterocycles. The van der Waals surface area contributed by atoms with Crippen molar-refractivity contribution in [2.45, 2.75) is 214 Å². The van der Waals surface area contributed by atoms with Crippen molar-refractivity contribution >= 4 is 5.91 Å². The molecule has 0 radical (unpaired) electrons. The highest BCUT2D eigenvalue weighted by molar-refractivity contribution is 5.82. The van der Waals surface area contributed by atoms with E-state index in [0.29, 0.717) is 6.54 Å². The molecule has 0 bridgehead atoms. The molecule has 0 aliphatic heterocycles. The van der Waals surface area contributed by atoms with Crippen molar-refractivity contribution in [3.05, 3.63) is 0 Å². The molecule has 42 heavy (non-hydrogen) atoms. The third kappa shape index (κ3) is 23.8. The van der Waals surface area contributed by atoms with Crippen LogP contribution in [-0.2, 0) is 4.79 Å². The summed E-state index contributed by atoms with van der Waals surface area (Å²) in [7, 11) is 0. The fraction of sp³-hybridized carbons (Fsp3) is 0.974. The maximum Gasteiger partial charge on any atom is 0.228 e. The van der Waals surface area contributed by atoms with E-state index in [1.807, 2.05) is 4.90 Å². The van der Waals surface area contributed by atoms with Crippen LogP contribution in [0.2, 0.25) is 0 Å². The minimum Gasteiger partial charge on any atom is -0.394 e. The van der Waals surface area contributed by atoms with Crippen LogP contribution in [0.1, 0.15) is 207 Å². The van der Waals surface area contributed by atoms with Crippen molar-refractivity contribution in [1.82, 2.24) is 4.90 Å². The van der Waals surface area contributed by atoms with Gasteiger partial charge in [0.05, 0.1) is 12.7 Å². The Morgan fingerprint density at radius 1 is 0.548 bits per heavy atom. The van der Waals surface area contributed by atoms with Crippen LogP contribution in [0.4, 0.5) is 0 Å². The second-order valence-corrected chi connectivity index (χ2v) is 13.8. The summed E-state index contributed by atoms with van der Waals surface area (Å²) in [4.78, 5) is 15.8. The molecule has 0 spiro atoms. The number of carbonyl (C=O) groups excluding carboxylic acids is 1. The zero-order valence-electron chi connectivity index (χ0n) is 29.2. The molecule has 4 nitrogen and oxygen atoms in total. The first kappa shape index (κ1) is 41.4. The Balaban J connectivity index is 4.59. The number of aliphatic hydroxyl groups excluding tert-OH is 2. The summed E-state index contributed by atoms with van der Waals surface area (Å²) in [5, 5.41) is 19.6. The minimum atomic E-state index is -0.853. The lowest BCUT2D eigenvalue weighted by atomic mass is 9.78. The van der Waals surface area contributed by atoms with Crippen LogP contribution in [0.15, 0.2) is 0 Å². The van der Waals surface area contributed by atoms with Crippen LogP contribution >= 0.6 is 0 Å². The molecule has 0 aromatic rings. The van der Waals surface area contributed by atoms with Crippen molar-refractivity contribution in [1.29, 1.82) is 0 Å². The predicted octanol–water partition coefficient (Wildman–Crippen LogP) is 11.2. The Morgan fingerprint density at radius 3 is 1.17 bits per heavy atom. The minimum absolute atomic E-state index is 0.203. The number of rotatable bonds is 33. The molecule has 0 saturated carbocycles. The lowest BCUT2D eigenvalue weighted by Gasteiger charge is -2.36. The van der Waals surface area contributed by atoms with Gasteiger partial charge in [-0.25, -0.2) is 0 Å². The van der Waals surface area contributed by atoms with Gasteiger partial charge in [0.1, 0.15) is 0 Å². The summed E-state index contributed by atoms with van der Waals surface area (Å²) in [5.41, 5.74) is -0.361. The first-order valence-corrected chi connectivity index (χ1v) is 19.0. The van der Waals surface area contributed by atoms with Gasteiger partial charge in [0.2, 0.25) is 5.91 Å². The molecule has 4 heteroatoms. The Hall–Kier alpha value is -0.610. The second kappa shape index (κ2) is 30.4. The van der Waals surface area contributed by atoms with Gasteiger partial charge >= 0.3 is 0 Å². The maximum atomic E-state index is 13.9. The van der Waals surface area contributed by atoms with Crippen LogP contribution in [0.3, 0.4) is 0 Å². The zero-order valence-corrected chi connectivity index (χ0v) is 29.2. The number of amides is 1. The summed E-state index contributed by atoms with van der Waals surface area (Å²) in [6.45, 7) is 9.54. The largest absolute Gasteiger partial charge is 0.394 e. The monoisotopic (exact) mass is 596 g/mol. The first-order valence-electron chi connectivity index (χ1n) is 19.0. The van der Waals surface area contributed by atoms with Crippen LogP contribution < -0.4 is 0 Å². The maximum absolute atomic E-state index is 13.9. The molecule has 252 valence electrons. The van der Waals surface area contributed by atoms with Crippen LogP contribution in [0, 0.1) is 5.41 Å². The Bertz CT molecular complexity index is 539. The third-order valence-electron chi connectivity index (χ3n) is 9.39. The van der Waals surface area contributed by atoms with E-state index in [1.54, 1.807) is 0 Å². The number of unbranched alkanes of at least 4 members (excludes halogenated alkanes) is 23. The smallest absolute Gasteiger partial charge is 0.228 e. The molecule has 0 aliphatic rings. The van der Waals surface area contributed by atoms with Gasteiger partial charge in [-0.1, -0.05) is 188 Å². The molecule has 0 heterocycles. The molecule has 0 saturated heterocycles. The van der Waals surface area contributed by atoms with Crippen molar-refractivity contribution in [2.75, 3.05) is 19.7 Å². The van der Waals surface area contributed by atoms with Gasteiger partial charge in [-0.15, -0.1) is 0 Å². The third-order valence-corrected chi connectivity index (χ3v) is 9.39. The fourth-order valence-corrected chi connectivity index (χ4v) is 6.37. The number of nitrogens with zero attached hydrogens (tertiary/aromatic N) is 1. The topological polar surface area (TPSA) is 60.8 Å². The van der Waals surface area contributed by atoms with Gasteiger partial charge in [0.15, 0.2) is 0 Å². The summed E-state index contributed by atoms with van der Waals surface area (Å²) < 4.78 is 0. The molecule has 1 atom stereocenters. The van der Waals surface area contributed by atoms with Crippen molar-refractivity contribution < 1.29 is 15.0 Å². The van der Waals surface area contributed by atoms with E-state index in [2.05, 4.69) is 27.7 Å². The Morgan fingerprint density at radius 2 is 0.857 bits per heavy atom. The highest BCUT2D eigenvalue weighted by Crippen LogP contribution is 2.34. The Kier molecular flexibility index (Phi) is 30.0. The number of hydrogen-bond acceptors (Lipinski definition) is 3. The zero-order chi connectivity index (χ0) is 31.2. The molecule has 0 fully saturated rings. The van der Waals surface area contributed by atoms with E-state index >= 15 is 0 Å². The van der Waals surface area contributed by atoms with Crippen LogP contribution in [0.25, 0.3) is 0 Å². The molecule has 0 rings (SSSR count). The highest BCUT2D eigenvalue weighted by Gasteiger charge is 2.36. The van der Waals surface area contributed by atoms with E-state index < -0.39 is 6.10 Å². The number of carbonyl (C=O) groups is 1. The summed E-state index contributed by atoms with van der Waals surface area (Å²) in [6, 6.07) is 0. The molecule has 1 unspecified atom stereocenters. The van der Waals surface area contributed by atoms with Gasteiger partial charge in [-0.05, 0) is 19.3 Å². The SMILES string of the molecule is CCCCCCCCCCCCCCC(C)(CCCCCCCCCCCCCC)C(=O)N(CCCC)CC(O)CO. The molecule has 1 amide bonds. The molecule has 0 aliphatic carbocycles. The highest BCUT2D eigenvalue weighted by atomic mass is 16.3.